The molecule has 166 valence electrons. The minimum atomic E-state index is -0.725. The van der Waals surface area contributed by atoms with E-state index < -0.39 is 17.7 Å². The Balaban J connectivity index is 2.14. The normalized spacial score (nSPS) is 18.1. The second-order valence-electron chi connectivity index (χ2n) is 7.35. The molecule has 3 rings (SSSR count). The zero-order chi connectivity index (χ0) is 22.7. The van der Waals surface area contributed by atoms with Crippen LogP contribution in [0.4, 0.5) is 0 Å². The molecule has 1 unspecified atom stereocenters. The summed E-state index contributed by atoms with van der Waals surface area (Å²) < 4.78 is 10.6. The maximum Gasteiger partial charge on any atom is 0.295 e. The number of Topliss-reactive ketones (excluding diaryl/α,β-unsaturated/α-hetero) is 1. The smallest absolute Gasteiger partial charge is 0.295 e. The third kappa shape index (κ3) is 4.56. The highest BCUT2D eigenvalue weighted by Crippen LogP contribution is 2.44. The molecule has 1 amide bonds. The SMILES string of the molecule is COc1cc(/C(O)=C2\C(=O)C(=O)N(CCCN(C)C)C2c2cccs2)c(OC)cc1Cl. The van der Waals surface area contributed by atoms with Gasteiger partial charge < -0.3 is 24.4 Å². The van der Waals surface area contributed by atoms with E-state index in [4.69, 9.17) is 21.1 Å². The highest BCUT2D eigenvalue weighted by Gasteiger charge is 2.46. The zero-order valence-corrected chi connectivity index (χ0v) is 19.4. The summed E-state index contributed by atoms with van der Waals surface area (Å²) >= 11 is 7.60. The fourth-order valence-corrected chi connectivity index (χ4v) is 4.68. The van der Waals surface area contributed by atoms with Crippen LogP contribution in [0.5, 0.6) is 11.5 Å². The quantitative estimate of drug-likeness (QED) is 0.364. The van der Waals surface area contributed by atoms with Crippen LogP contribution in [0.3, 0.4) is 0 Å². The number of benzene rings is 1. The molecule has 1 saturated heterocycles. The Kier molecular flexibility index (Phi) is 7.25. The van der Waals surface area contributed by atoms with Gasteiger partial charge in [0.2, 0.25) is 0 Å². The van der Waals surface area contributed by atoms with Crippen molar-refractivity contribution < 1.29 is 24.2 Å². The predicted molar refractivity (Wildman–Crippen MR) is 121 cm³/mol. The molecule has 1 N–H and O–H groups in total. The fourth-order valence-electron chi connectivity index (χ4n) is 3.60. The number of nitrogens with zero attached hydrogens (tertiary/aromatic N) is 2. The maximum atomic E-state index is 13.0. The van der Waals surface area contributed by atoms with Gasteiger partial charge in [-0.05, 0) is 44.6 Å². The molecule has 1 aromatic carbocycles. The van der Waals surface area contributed by atoms with Crippen molar-refractivity contribution in [3.63, 3.8) is 0 Å². The number of ether oxygens (including phenoxy) is 2. The number of methoxy groups -OCH3 is 2. The van der Waals surface area contributed by atoms with Gasteiger partial charge in [0.05, 0.1) is 36.4 Å². The first-order chi connectivity index (χ1) is 14.8. The molecule has 9 heteroatoms. The summed E-state index contributed by atoms with van der Waals surface area (Å²) in [6.45, 7) is 1.16. The van der Waals surface area contributed by atoms with Crippen LogP contribution in [0.2, 0.25) is 5.02 Å². The lowest BCUT2D eigenvalue weighted by atomic mass is 9.99. The van der Waals surface area contributed by atoms with Gasteiger partial charge in [0.1, 0.15) is 17.3 Å². The van der Waals surface area contributed by atoms with Crippen molar-refractivity contribution in [2.75, 3.05) is 41.4 Å². The van der Waals surface area contributed by atoms with E-state index >= 15 is 0 Å². The van der Waals surface area contributed by atoms with Gasteiger partial charge >= 0.3 is 0 Å². The van der Waals surface area contributed by atoms with Gasteiger partial charge in [-0.1, -0.05) is 17.7 Å². The van der Waals surface area contributed by atoms with Crippen molar-refractivity contribution in [2.24, 2.45) is 0 Å². The monoisotopic (exact) mass is 464 g/mol. The second-order valence-corrected chi connectivity index (χ2v) is 8.74. The molecule has 0 radical (unpaired) electrons. The molecule has 1 atom stereocenters. The Labute approximate surface area is 190 Å². The van der Waals surface area contributed by atoms with Crippen LogP contribution in [0, 0.1) is 0 Å². The average molecular weight is 465 g/mol. The number of carbonyl (C=O) groups is 2. The molecule has 7 nitrogen and oxygen atoms in total. The van der Waals surface area contributed by atoms with Gasteiger partial charge in [-0.25, -0.2) is 0 Å². The van der Waals surface area contributed by atoms with Crippen LogP contribution in [0.25, 0.3) is 5.76 Å². The van der Waals surface area contributed by atoms with Gasteiger partial charge in [0, 0.05) is 17.5 Å². The highest BCUT2D eigenvalue weighted by atomic mass is 35.5. The van der Waals surface area contributed by atoms with Crippen LogP contribution < -0.4 is 9.47 Å². The third-order valence-corrected chi connectivity index (χ3v) is 6.31. The van der Waals surface area contributed by atoms with E-state index in [-0.39, 0.29) is 22.6 Å². The van der Waals surface area contributed by atoms with Gasteiger partial charge in [0.25, 0.3) is 11.7 Å². The molecule has 1 aliphatic rings. The Bertz CT molecular complexity index is 1000. The molecule has 1 fully saturated rings. The van der Waals surface area contributed by atoms with Gasteiger partial charge in [-0.3, -0.25) is 9.59 Å². The molecule has 1 aromatic heterocycles. The van der Waals surface area contributed by atoms with E-state index in [1.165, 1.54) is 42.6 Å². The van der Waals surface area contributed by atoms with E-state index in [1.807, 2.05) is 36.5 Å². The summed E-state index contributed by atoms with van der Waals surface area (Å²) in [5, 5.41) is 13.4. The number of carbonyl (C=O) groups excluding carboxylic acids is 2. The molecule has 0 saturated carbocycles. The van der Waals surface area contributed by atoms with Gasteiger partial charge in [-0.2, -0.15) is 0 Å². The first-order valence-corrected chi connectivity index (χ1v) is 10.9. The van der Waals surface area contributed by atoms with E-state index in [1.54, 1.807) is 0 Å². The topological polar surface area (TPSA) is 79.3 Å². The molecule has 0 aliphatic carbocycles. The van der Waals surface area contributed by atoms with E-state index in [9.17, 15) is 14.7 Å². The summed E-state index contributed by atoms with van der Waals surface area (Å²) in [5.74, 6) is -1.09. The molecule has 0 spiro atoms. The Hall–Kier alpha value is -2.55. The van der Waals surface area contributed by atoms with Crippen molar-refractivity contribution in [3.8, 4) is 11.5 Å². The number of likely N-dealkylation sites (tertiary alicyclic amines) is 1. The van der Waals surface area contributed by atoms with Crippen molar-refractivity contribution in [3.05, 3.63) is 50.7 Å². The summed E-state index contributed by atoms with van der Waals surface area (Å²) in [7, 11) is 6.79. The summed E-state index contributed by atoms with van der Waals surface area (Å²) in [6, 6.07) is 6.04. The van der Waals surface area contributed by atoms with Crippen LogP contribution in [0.15, 0.2) is 35.2 Å². The minimum Gasteiger partial charge on any atom is -0.507 e. The lowest BCUT2D eigenvalue weighted by molar-refractivity contribution is -0.139. The Morgan fingerprint density at radius 1 is 1.23 bits per heavy atom. The van der Waals surface area contributed by atoms with Crippen molar-refractivity contribution >= 4 is 40.4 Å². The van der Waals surface area contributed by atoms with Crippen LogP contribution >= 0.6 is 22.9 Å². The van der Waals surface area contributed by atoms with Crippen molar-refractivity contribution in [1.29, 1.82) is 0 Å². The Morgan fingerprint density at radius 3 is 2.52 bits per heavy atom. The number of rotatable bonds is 8. The van der Waals surface area contributed by atoms with Gasteiger partial charge in [0.15, 0.2) is 0 Å². The number of amides is 1. The van der Waals surface area contributed by atoms with E-state index in [0.717, 1.165) is 11.4 Å². The first kappa shape index (κ1) is 23.1. The van der Waals surface area contributed by atoms with Crippen LogP contribution in [-0.4, -0.2) is 68.0 Å². The molecule has 0 bridgehead atoms. The first-order valence-electron chi connectivity index (χ1n) is 9.68. The number of thiophene rings is 1. The lowest BCUT2D eigenvalue weighted by Crippen LogP contribution is -2.32. The zero-order valence-electron chi connectivity index (χ0n) is 17.8. The van der Waals surface area contributed by atoms with E-state index in [0.29, 0.717) is 23.7 Å². The largest absolute Gasteiger partial charge is 0.507 e. The average Bonchev–Trinajstić information content (AvgIpc) is 3.35. The molecule has 2 heterocycles. The summed E-state index contributed by atoms with van der Waals surface area (Å²) in [6.07, 6.45) is 0.694. The Morgan fingerprint density at radius 2 is 1.94 bits per heavy atom. The molecule has 2 aromatic rings. The number of aliphatic hydroxyl groups is 1. The number of hydrogen-bond donors (Lipinski definition) is 1. The lowest BCUT2D eigenvalue weighted by Gasteiger charge is -2.25. The standard InChI is InChI=1S/C22H25ClN2O5S/c1-24(2)8-6-9-25-19(17-7-5-10-31-17)18(21(27)22(25)28)20(26)13-11-16(30-4)14(23)12-15(13)29-3/h5,7,10-12,19,26H,6,8-9H2,1-4H3/b20-18+. The number of hydrogen-bond acceptors (Lipinski definition) is 7. The minimum absolute atomic E-state index is 0.0278. The number of aliphatic hydroxyl groups excluding tert-OH is 1. The van der Waals surface area contributed by atoms with Gasteiger partial charge in [-0.15, -0.1) is 11.3 Å². The highest BCUT2D eigenvalue weighted by molar-refractivity contribution is 7.10. The molecular formula is C22H25ClN2O5S. The summed E-state index contributed by atoms with van der Waals surface area (Å²) in [4.78, 5) is 30.3. The molecule has 1 aliphatic heterocycles. The van der Waals surface area contributed by atoms with Crippen molar-refractivity contribution in [1.82, 2.24) is 9.80 Å². The summed E-state index contributed by atoms with van der Waals surface area (Å²) in [5.41, 5.74) is 0.261. The second kappa shape index (κ2) is 9.72. The van der Waals surface area contributed by atoms with E-state index in [2.05, 4.69) is 0 Å². The van der Waals surface area contributed by atoms with Crippen LogP contribution in [0.1, 0.15) is 22.9 Å². The number of halogens is 1. The molecular weight excluding hydrogens is 440 g/mol. The molecule has 31 heavy (non-hydrogen) atoms. The number of ketones is 1. The van der Waals surface area contributed by atoms with Crippen molar-refractivity contribution in [2.45, 2.75) is 12.5 Å². The predicted octanol–water partition coefficient (Wildman–Crippen LogP) is 3.79. The third-order valence-electron chi connectivity index (χ3n) is 5.09. The maximum absolute atomic E-state index is 13.0. The van der Waals surface area contributed by atoms with Crippen LogP contribution in [-0.2, 0) is 9.59 Å². The fraction of sp³-hybridized carbons (Fsp3) is 0.364.